The molecule has 0 saturated heterocycles. The topological polar surface area (TPSA) is 76.1 Å². The summed E-state index contributed by atoms with van der Waals surface area (Å²) >= 11 is 5.93. The average molecular weight is 375 g/mol. The molecule has 7 heteroatoms. The lowest BCUT2D eigenvalue weighted by atomic mass is 10.2. The van der Waals surface area contributed by atoms with Gasteiger partial charge in [0.2, 0.25) is 5.91 Å². The van der Waals surface area contributed by atoms with Crippen molar-refractivity contribution < 1.29 is 13.2 Å². The number of carbonyl (C=O) groups excluding carboxylic acids is 1. The van der Waals surface area contributed by atoms with E-state index < -0.39 is 15.7 Å². The van der Waals surface area contributed by atoms with Gasteiger partial charge in [0.15, 0.2) is 9.84 Å². The van der Waals surface area contributed by atoms with Gasteiger partial charge in [-0.05, 0) is 24.3 Å². The number of anilines is 1. The summed E-state index contributed by atoms with van der Waals surface area (Å²) in [6.07, 6.45) is 1.47. The molecule has 0 radical (unpaired) electrons. The lowest BCUT2D eigenvalue weighted by Crippen LogP contribution is -2.18. The molecule has 1 aromatic heterocycles. The van der Waals surface area contributed by atoms with Crippen LogP contribution in [0.4, 0.5) is 5.69 Å². The van der Waals surface area contributed by atoms with E-state index in [0.29, 0.717) is 11.2 Å². The van der Waals surface area contributed by atoms with Crippen molar-refractivity contribution in [3.8, 4) is 0 Å². The summed E-state index contributed by atoms with van der Waals surface area (Å²) in [7, 11) is -3.63. The molecule has 0 bridgehead atoms. The van der Waals surface area contributed by atoms with E-state index in [4.69, 9.17) is 11.6 Å². The Morgan fingerprint density at radius 1 is 1.04 bits per heavy atom. The van der Waals surface area contributed by atoms with Crippen LogP contribution in [0.15, 0.2) is 65.7 Å². The standard InChI is InChI=1S/C18H15ClN2O3S/c19-14-7-1-2-9-16(14)25(23,24)12-10-17(22)21-15-8-3-5-13-6-4-11-20-18(13)15/h1-9,11H,10,12H2,(H,21,22). The van der Waals surface area contributed by atoms with E-state index in [-0.39, 0.29) is 22.1 Å². The Hall–Kier alpha value is -2.44. The van der Waals surface area contributed by atoms with Crippen molar-refractivity contribution in [2.75, 3.05) is 11.1 Å². The molecule has 0 atom stereocenters. The number of halogens is 1. The SMILES string of the molecule is O=C(CCS(=O)(=O)c1ccccc1Cl)Nc1cccc2cccnc12. The first-order chi connectivity index (χ1) is 12.0. The van der Waals surface area contributed by atoms with Crippen LogP contribution < -0.4 is 5.32 Å². The lowest BCUT2D eigenvalue weighted by molar-refractivity contribution is -0.115. The van der Waals surface area contributed by atoms with Crippen LogP contribution >= 0.6 is 11.6 Å². The van der Waals surface area contributed by atoms with E-state index in [1.807, 2.05) is 18.2 Å². The number of para-hydroxylation sites is 1. The smallest absolute Gasteiger partial charge is 0.225 e. The van der Waals surface area contributed by atoms with E-state index >= 15 is 0 Å². The van der Waals surface area contributed by atoms with Gasteiger partial charge in [-0.3, -0.25) is 9.78 Å². The Labute approximate surface area is 150 Å². The minimum absolute atomic E-state index is 0.0382. The molecule has 2 aromatic carbocycles. The van der Waals surface area contributed by atoms with Gasteiger partial charge in [0.25, 0.3) is 0 Å². The number of nitrogens with one attached hydrogen (secondary N) is 1. The Morgan fingerprint density at radius 3 is 2.60 bits per heavy atom. The second-order valence-electron chi connectivity index (χ2n) is 5.43. The van der Waals surface area contributed by atoms with Crippen LogP contribution in [0, 0.1) is 0 Å². The van der Waals surface area contributed by atoms with Crippen molar-refractivity contribution in [1.82, 2.24) is 4.98 Å². The molecule has 0 spiro atoms. The lowest BCUT2D eigenvalue weighted by Gasteiger charge is -2.09. The number of pyridine rings is 1. The average Bonchev–Trinajstić information content (AvgIpc) is 2.61. The van der Waals surface area contributed by atoms with Gasteiger partial charge in [-0.15, -0.1) is 0 Å². The quantitative estimate of drug-likeness (QED) is 0.738. The summed E-state index contributed by atoms with van der Waals surface area (Å²) < 4.78 is 24.7. The molecule has 128 valence electrons. The molecular formula is C18H15ClN2O3S. The number of carbonyl (C=O) groups is 1. The van der Waals surface area contributed by atoms with Crippen molar-refractivity contribution >= 4 is 43.9 Å². The van der Waals surface area contributed by atoms with Gasteiger partial charge in [-0.2, -0.15) is 0 Å². The van der Waals surface area contributed by atoms with Crippen LogP contribution in [-0.2, 0) is 14.6 Å². The summed E-state index contributed by atoms with van der Waals surface area (Å²) in [6.45, 7) is 0. The highest BCUT2D eigenvalue weighted by Gasteiger charge is 2.19. The van der Waals surface area contributed by atoms with Gasteiger partial charge < -0.3 is 5.32 Å². The second-order valence-corrected chi connectivity index (χ2v) is 7.91. The number of rotatable bonds is 5. The summed E-state index contributed by atoms with van der Waals surface area (Å²) in [4.78, 5) is 16.5. The molecule has 5 nitrogen and oxygen atoms in total. The summed E-state index contributed by atoms with van der Waals surface area (Å²) in [5, 5.41) is 3.77. The highest BCUT2D eigenvalue weighted by atomic mass is 35.5. The molecule has 25 heavy (non-hydrogen) atoms. The van der Waals surface area contributed by atoms with Gasteiger partial charge in [0, 0.05) is 18.0 Å². The molecule has 1 amide bonds. The van der Waals surface area contributed by atoms with E-state index in [1.165, 1.54) is 12.1 Å². The van der Waals surface area contributed by atoms with Crippen molar-refractivity contribution in [1.29, 1.82) is 0 Å². The number of hydrogen-bond acceptors (Lipinski definition) is 4. The fourth-order valence-electron chi connectivity index (χ4n) is 2.45. The van der Waals surface area contributed by atoms with Crippen LogP contribution in [0.1, 0.15) is 6.42 Å². The van der Waals surface area contributed by atoms with Crippen LogP contribution in [0.5, 0.6) is 0 Å². The molecule has 0 fully saturated rings. The Morgan fingerprint density at radius 2 is 1.80 bits per heavy atom. The van der Waals surface area contributed by atoms with Crippen molar-refractivity contribution in [3.63, 3.8) is 0 Å². The highest BCUT2D eigenvalue weighted by Crippen LogP contribution is 2.23. The highest BCUT2D eigenvalue weighted by molar-refractivity contribution is 7.91. The van der Waals surface area contributed by atoms with E-state index in [1.54, 1.807) is 30.5 Å². The Bertz CT molecular complexity index is 1030. The molecule has 3 rings (SSSR count). The maximum atomic E-state index is 12.3. The Balaban J connectivity index is 1.72. The number of fused-ring (bicyclic) bond motifs is 1. The first kappa shape index (κ1) is 17.4. The third-order valence-corrected chi connectivity index (χ3v) is 5.89. The molecule has 0 saturated carbocycles. The maximum Gasteiger partial charge on any atom is 0.225 e. The van der Waals surface area contributed by atoms with Crippen LogP contribution in [0.25, 0.3) is 10.9 Å². The first-order valence-corrected chi connectivity index (χ1v) is 9.61. The molecule has 0 aliphatic carbocycles. The van der Waals surface area contributed by atoms with E-state index in [9.17, 15) is 13.2 Å². The molecule has 3 aromatic rings. The number of hydrogen-bond donors (Lipinski definition) is 1. The number of amides is 1. The number of benzene rings is 2. The van der Waals surface area contributed by atoms with Crippen LogP contribution in [0.3, 0.4) is 0 Å². The van der Waals surface area contributed by atoms with Gasteiger partial charge in [0.1, 0.15) is 0 Å². The largest absolute Gasteiger partial charge is 0.324 e. The summed E-state index contributed by atoms with van der Waals surface area (Å²) in [5.74, 6) is -0.713. The monoisotopic (exact) mass is 374 g/mol. The second kappa shape index (κ2) is 7.21. The molecule has 0 aliphatic rings. The van der Waals surface area contributed by atoms with Gasteiger partial charge in [-0.1, -0.05) is 41.9 Å². The molecule has 0 aliphatic heterocycles. The van der Waals surface area contributed by atoms with Crippen molar-refractivity contribution in [2.24, 2.45) is 0 Å². The minimum Gasteiger partial charge on any atom is -0.324 e. The summed E-state index contributed by atoms with van der Waals surface area (Å²) in [5.41, 5.74) is 1.21. The van der Waals surface area contributed by atoms with Crippen molar-refractivity contribution in [2.45, 2.75) is 11.3 Å². The zero-order valence-electron chi connectivity index (χ0n) is 13.1. The maximum absolute atomic E-state index is 12.3. The van der Waals surface area contributed by atoms with Gasteiger partial charge >= 0.3 is 0 Å². The number of aromatic nitrogens is 1. The number of nitrogens with zero attached hydrogens (tertiary/aromatic N) is 1. The number of sulfone groups is 1. The molecule has 1 heterocycles. The molecular weight excluding hydrogens is 360 g/mol. The Kier molecular flexibility index (Phi) is 5.01. The third-order valence-electron chi connectivity index (χ3n) is 3.68. The van der Waals surface area contributed by atoms with Crippen molar-refractivity contribution in [3.05, 3.63) is 65.8 Å². The fraction of sp³-hybridized carbons (Fsp3) is 0.111. The minimum atomic E-state index is -3.63. The van der Waals surface area contributed by atoms with E-state index in [0.717, 1.165) is 5.39 Å². The zero-order valence-corrected chi connectivity index (χ0v) is 14.7. The van der Waals surface area contributed by atoms with Crippen LogP contribution in [-0.4, -0.2) is 25.1 Å². The molecule has 1 N–H and O–H groups in total. The first-order valence-electron chi connectivity index (χ1n) is 7.58. The fourth-order valence-corrected chi connectivity index (χ4v) is 4.27. The predicted molar refractivity (Wildman–Crippen MR) is 98.5 cm³/mol. The van der Waals surface area contributed by atoms with Gasteiger partial charge in [0.05, 0.1) is 26.9 Å². The normalized spacial score (nSPS) is 11.4. The van der Waals surface area contributed by atoms with Gasteiger partial charge in [-0.25, -0.2) is 8.42 Å². The third kappa shape index (κ3) is 3.97. The predicted octanol–water partition coefficient (Wildman–Crippen LogP) is 3.69. The summed E-state index contributed by atoms with van der Waals surface area (Å²) in [6, 6.07) is 15.3. The zero-order chi connectivity index (χ0) is 17.9. The van der Waals surface area contributed by atoms with Crippen LogP contribution in [0.2, 0.25) is 5.02 Å². The van der Waals surface area contributed by atoms with E-state index in [2.05, 4.69) is 10.3 Å². The molecule has 0 unspecified atom stereocenters.